The Hall–Kier alpha value is -0.0800. The highest BCUT2D eigenvalue weighted by Gasteiger charge is 2.47. The largest absolute Gasteiger partial charge is 0.391 e. The highest BCUT2D eigenvalue weighted by Crippen LogP contribution is 2.42. The number of rotatable bonds is 0. The Balaban J connectivity index is 2.19. The van der Waals surface area contributed by atoms with Gasteiger partial charge in [-0.25, -0.2) is 0 Å². The SMILES string of the molecule is CN1CCC(O)C12CCCC2. The average molecular weight is 155 g/mol. The van der Waals surface area contributed by atoms with Crippen LogP contribution in [-0.2, 0) is 0 Å². The number of aliphatic hydroxyl groups is 1. The molecule has 2 nitrogen and oxygen atoms in total. The summed E-state index contributed by atoms with van der Waals surface area (Å²) in [6, 6.07) is 0. The van der Waals surface area contributed by atoms with Crippen molar-refractivity contribution in [3.05, 3.63) is 0 Å². The van der Waals surface area contributed by atoms with Gasteiger partial charge in [0.1, 0.15) is 0 Å². The van der Waals surface area contributed by atoms with Crippen molar-refractivity contribution in [1.29, 1.82) is 0 Å². The first-order chi connectivity index (χ1) is 5.26. The first-order valence-corrected chi connectivity index (χ1v) is 4.65. The van der Waals surface area contributed by atoms with Crippen LogP contribution in [0.2, 0.25) is 0 Å². The number of hydrogen-bond donors (Lipinski definition) is 1. The summed E-state index contributed by atoms with van der Waals surface area (Å²) in [6.07, 6.45) is 5.98. The van der Waals surface area contributed by atoms with Gasteiger partial charge in [0.15, 0.2) is 0 Å². The van der Waals surface area contributed by atoms with E-state index in [1.165, 1.54) is 25.7 Å². The van der Waals surface area contributed by atoms with E-state index in [-0.39, 0.29) is 11.6 Å². The second-order valence-corrected chi connectivity index (χ2v) is 4.04. The van der Waals surface area contributed by atoms with Gasteiger partial charge < -0.3 is 5.11 Å². The van der Waals surface area contributed by atoms with Gasteiger partial charge in [-0.2, -0.15) is 0 Å². The third kappa shape index (κ3) is 0.926. The normalized spacial score (nSPS) is 37.1. The van der Waals surface area contributed by atoms with Crippen molar-refractivity contribution in [2.24, 2.45) is 0 Å². The smallest absolute Gasteiger partial charge is 0.0735 e. The maximum absolute atomic E-state index is 9.81. The summed E-state index contributed by atoms with van der Waals surface area (Å²) in [5.41, 5.74) is 0.194. The predicted molar refractivity (Wildman–Crippen MR) is 44.5 cm³/mol. The molecular weight excluding hydrogens is 138 g/mol. The highest BCUT2D eigenvalue weighted by atomic mass is 16.3. The second kappa shape index (κ2) is 2.46. The molecule has 1 spiro atoms. The molecule has 11 heavy (non-hydrogen) atoms. The van der Waals surface area contributed by atoms with E-state index >= 15 is 0 Å². The van der Waals surface area contributed by atoms with Gasteiger partial charge in [-0.3, -0.25) is 4.90 Å². The van der Waals surface area contributed by atoms with Crippen molar-refractivity contribution in [3.8, 4) is 0 Å². The Morgan fingerprint density at radius 3 is 2.45 bits per heavy atom. The number of likely N-dealkylation sites (N-methyl/N-ethyl adjacent to an activating group) is 1. The van der Waals surface area contributed by atoms with Crippen LogP contribution in [-0.4, -0.2) is 35.2 Å². The minimum Gasteiger partial charge on any atom is -0.391 e. The molecule has 0 amide bonds. The third-order valence-corrected chi connectivity index (χ3v) is 3.59. The molecule has 2 aliphatic rings. The van der Waals surface area contributed by atoms with Crippen LogP contribution in [0.1, 0.15) is 32.1 Å². The molecular formula is C9H17NO. The van der Waals surface area contributed by atoms with Crippen LogP contribution in [0.4, 0.5) is 0 Å². The van der Waals surface area contributed by atoms with E-state index in [0.717, 1.165) is 13.0 Å². The van der Waals surface area contributed by atoms with Gasteiger partial charge in [0.25, 0.3) is 0 Å². The Kier molecular flexibility index (Phi) is 1.69. The lowest BCUT2D eigenvalue weighted by Gasteiger charge is -2.34. The van der Waals surface area contributed by atoms with Gasteiger partial charge in [0.2, 0.25) is 0 Å². The lowest BCUT2D eigenvalue weighted by atomic mass is 9.92. The van der Waals surface area contributed by atoms with E-state index in [1.807, 2.05) is 0 Å². The second-order valence-electron chi connectivity index (χ2n) is 4.04. The minimum atomic E-state index is -0.0463. The molecule has 1 unspecified atom stereocenters. The Bertz CT molecular complexity index is 140. The van der Waals surface area contributed by atoms with Crippen molar-refractivity contribution in [1.82, 2.24) is 4.90 Å². The van der Waals surface area contributed by atoms with Crippen molar-refractivity contribution in [3.63, 3.8) is 0 Å². The van der Waals surface area contributed by atoms with E-state index in [1.54, 1.807) is 0 Å². The Morgan fingerprint density at radius 1 is 1.36 bits per heavy atom. The molecule has 0 radical (unpaired) electrons. The van der Waals surface area contributed by atoms with Crippen molar-refractivity contribution >= 4 is 0 Å². The highest BCUT2D eigenvalue weighted by molar-refractivity contribution is 5.03. The average Bonchev–Trinajstić information content (AvgIpc) is 2.56. The van der Waals surface area contributed by atoms with Crippen LogP contribution in [0.15, 0.2) is 0 Å². The quantitative estimate of drug-likeness (QED) is 0.564. The zero-order valence-electron chi connectivity index (χ0n) is 7.21. The fourth-order valence-corrected chi connectivity index (χ4v) is 2.76. The number of likely N-dealkylation sites (tertiary alicyclic amines) is 1. The fraction of sp³-hybridized carbons (Fsp3) is 1.00. The summed E-state index contributed by atoms with van der Waals surface area (Å²) in [5.74, 6) is 0. The van der Waals surface area contributed by atoms with Crippen LogP contribution >= 0.6 is 0 Å². The standard InChI is InChI=1S/C9H17NO/c1-10-7-4-8(11)9(10)5-2-3-6-9/h8,11H,2-7H2,1H3. The molecule has 2 heteroatoms. The van der Waals surface area contributed by atoms with E-state index in [9.17, 15) is 5.11 Å². The topological polar surface area (TPSA) is 23.5 Å². The van der Waals surface area contributed by atoms with Crippen LogP contribution in [0.3, 0.4) is 0 Å². The molecule has 2 fully saturated rings. The third-order valence-electron chi connectivity index (χ3n) is 3.59. The predicted octanol–water partition coefficient (Wildman–Crippen LogP) is 0.996. The van der Waals surface area contributed by atoms with Gasteiger partial charge in [0, 0.05) is 12.1 Å². The Labute approximate surface area is 68.2 Å². The van der Waals surface area contributed by atoms with Crippen LogP contribution in [0.25, 0.3) is 0 Å². The lowest BCUT2D eigenvalue weighted by molar-refractivity contribution is 0.0454. The van der Waals surface area contributed by atoms with Crippen LogP contribution in [0, 0.1) is 0 Å². The molecule has 1 saturated carbocycles. The van der Waals surface area contributed by atoms with Crippen LogP contribution in [0.5, 0.6) is 0 Å². The molecule has 1 aliphatic heterocycles. The molecule has 1 aliphatic carbocycles. The summed E-state index contributed by atoms with van der Waals surface area (Å²) < 4.78 is 0. The maximum atomic E-state index is 9.81. The summed E-state index contributed by atoms with van der Waals surface area (Å²) in [7, 11) is 2.15. The van der Waals surface area contributed by atoms with Crippen molar-refractivity contribution in [2.75, 3.05) is 13.6 Å². The molecule has 2 rings (SSSR count). The van der Waals surface area contributed by atoms with E-state index < -0.39 is 0 Å². The minimum absolute atomic E-state index is 0.0463. The van der Waals surface area contributed by atoms with Gasteiger partial charge in [-0.1, -0.05) is 12.8 Å². The molecule has 1 saturated heterocycles. The molecule has 0 bridgehead atoms. The summed E-state index contributed by atoms with van der Waals surface area (Å²) >= 11 is 0. The monoisotopic (exact) mass is 155 g/mol. The fourth-order valence-electron chi connectivity index (χ4n) is 2.76. The first-order valence-electron chi connectivity index (χ1n) is 4.65. The van der Waals surface area contributed by atoms with Gasteiger partial charge in [0.05, 0.1) is 6.10 Å². The lowest BCUT2D eigenvalue weighted by Crippen LogP contribution is -2.45. The molecule has 0 aromatic carbocycles. The molecule has 0 aromatic heterocycles. The summed E-state index contributed by atoms with van der Waals surface area (Å²) in [6.45, 7) is 1.08. The van der Waals surface area contributed by atoms with E-state index in [0.29, 0.717) is 0 Å². The molecule has 1 heterocycles. The van der Waals surface area contributed by atoms with Gasteiger partial charge in [-0.05, 0) is 26.3 Å². The maximum Gasteiger partial charge on any atom is 0.0735 e. The number of nitrogens with zero attached hydrogens (tertiary/aromatic N) is 1. The number of aliphatic hydroxyl groups excluding tert-OH is 1. The molecule has 0 aromatic rings. The molecule has 1 N–H and O–H groups in total. The Morgan fingerprint density at radius 2 is 2.00 bits per heavy atom. The van der Waals surface area contributed by atoms with Crippen LogP contribution < -0.4 is 0 Å². The summed E-state index contributed by atoms with van der Waals surface area (Å²) in [4.78, 5) is 2.37. The molecule has 1 atom stereocenters. The van der Waals surface area contributed by atoms with Crippen molar-refractivity contribution < 1.29 is 5.11 Å². The van der Waals surface area contributed by atoms with Crippen molar-refractivity contribution in [2.45, 2.75) is 43.7 Å². The zero-order valence-corrected chi connectivity index (χ0v) is 7.21. The van der Waals surface area contributed by atoms with E-state index in [4.69, 9.17) is 0 Å². The first kappa shape index (κ1) is 7.56. The van der Waals surface area contributed by atoms with Gasteiger partial charge >= 0.3 is 0 Å². The number of hydrogen-bond acceptors (Lipinski definition) is 2. The molecule has 64 valence electrons. The summed E-state index contributed by atoms with van der Waals surface area (Å²) in [5, 5.41) is 9.81. The van der Waals surface area contributed by atoms with Gasteiger partial charge in [-0.15, -0.1) is 0 Å². The van der Waals surface area contributed by atoms with E-state index in [2.05, 4.69) is 11.9 Å². The zero-order chi connectivity index (χ0) is 7.90.